The molecule has 1 aliphatic rings. The number of halogens is 3. The Balaban J connectivity index is 2.00. The first-order valence-corrected chi connectivity index (χ1v) is 5.86. The first-order valence-electron chi connectivity index (χ1n) is 5.86. The van der Waals surface area contributed by atoms with Crippen molar-refractivity contribution >= 4 is 5.78 Å². The maximum Gasteiger partial charge on any atom is 0.416 e. The third-order valence-electron chi connectivity index (χ3n) is 3.18. The van der Waals surface area contributed by atoms with Crippen molar-refractivity contribution in [2.75, 3.05) is 13.1 Å². The maximum absolute atomic E-state index is 12.4. The van der Waals surface area contributed by atoms with Crippen molar-refractivity contribution in [2.45, 2.75) is 19.0 Å². The molecule has 1 aromatic carbocycles. The fourth-order valence-electron chi connectivity index (χ4n) is 2.09. The fourth-order valence-corrected chi connectivity index (χ4v) is 2.09. The monoisotopic (exact) mass is 257 g/mol. The second-order valence-electron chi connectivity index (χ2n) is 4.53. The minimum absolute atomic E-state index is 0.00675. The Bertz CT molecular complexity index is 419. The second kappa shape index (κ2) is 5.10. The molecule has 0 aliphatic carbocycles. The van der Waals surface area contributed by atoms with Gasteiger partial charge in [0.2, 0.25) is 0 Å². The molecule has 0 aromatic heterocycles. The smallest absolute Gasteiger partial charge is 0.316 e. The van der Waals surface area contributed by atoms with Crippen LogP contribution in [0.1, 0.15) is 17.5 Å². The predicted octanol–water partition coefficient (Wildman–Crippen LogP) is 2.43. The summed E-state index contributed by atoms with van der Waals surface area (Å²) < 4.78 is 37.1. The third kappa shape index (κ3) is 3.10. The van der Waals surface area contributed by atoms with Crippen molar-refractivity contribution in [1.29, 1.82) is 0 Å². The van der Waals surface area contributed by atoms with Crippen LogP contribution in [-0.4, -0.2) is 18.9 Å². The molecule has 18 heavy (non-hydrogen) atoms. The molecule has 5 heteroatoms. The van der Waals surface area contributed by atoms with Gasteiger partial charge in [-0.05, 0) is 30.7 Å². The van der Waals surface area contributed by atoms with Crippen LogP contribution in [0.15, 0.2) is 24.3 Å². The maximum atomic E-state index is 12.4. The number of hydrogen-bond donors (Lipinski definition) is 1. The van der Waals surface area contributed by atoms with Gasteiger partial charge in [-0.1, -0.05) is 12.1 Å². The summed E-state index contributed by atoms with van der Waals surface area (Å²) in [5.74, 6) is 0.104. The van der Waals surface area contributed by atoms with Crippen LogP contribution >= 0.6 is 0 Å². The van der Waals surface area contributed by atoms with Crippen LogP contribution in [0.2, 0.25) is 0 Å². The summed E-state index contributed by atoms with van der Waals surface area (Å²) in [5, 5.41) is 3.10. The molecule has 2 rings (SSSR count). The van der Waals surface area contributed by atoms with Crippen LogP contribution < -0.4 is 5.32 Å². The number of rotatable bonds is 3. The van der Waals surface area contributed by atoms with Crippen molar-refractivity contribution in [2.24, 2.45) is 5.92 Å². The third-order valence-corrected chi connectivity index (χ3v) is 3.18. The molecule has 0 spiro atoms. The van der Waals surface area contributed by atoms with Gasteiger partial charge in [0.15, 0.2) is 0 Å². The molecular weight excluding hydrogens is 243 g/mol. The molecule has 0 saturated carbocycles. The summed E-state index contributed by atoms with van der Waals surface area (Å²) in [6.45, 7) is 1.52. The average Bonchev–Trinajstić information content (AvgIpc) is 2.82. The van der Waals surface area contributed by atoms with Gasteiger partial charge in [0, 0.05) is 18.9 Å². The minimum atomic E-state index is -4.32. The number of carbonyl (C=O) groups is 1. The lowest BCUT2D eigenvalue weighted by Gasteiger charge is -2.09. The Morgan fingerprint density at radius 3 is 2.44 bits per heavy atom. The lowest BCUT2D eigenvalue weighted by molar-refractivity contribution is -0.137. The molecule has 1 N–H and O–H groups in total. The molecule has 0 bridgehead atoms. The fraction of sp³-hybridized carbons (Fsp3) is 0.462. The van der Waals surface area contributed by atoms with Crippen LogP contribution in [0.3, 0.4) is 0 Å². The quantitative estimate of drug-likeness (QED) is 0.901. The standard InChI is InChI=1S/C13H14F3NO/c14-13(15,16)11-3-1-9(2-4-11)7-12(18)10-5-6-17-8-10/h1-4,10,17H,5-8H2. The molecule has 1 heterocycles. The molecule has 1 unspecified atom stereocenters. The largest absolute Gasteiger partial charge is 0.416 e. The van der Waals surface area contributed by atoms with Gasteiger partial charge in [-0.25, -0.2) is 0 Å². The van der Waals surface area contributed by atoms with E-state index in [1.54, 1.807) is 0 Å². The number of hydrogen-bond acceptors (Lipinski definition) is 2. The number of Topliss-reactive ketones (excluding diaryl/α,β-unsaturated/α-hetero) is 1. The number of carbonyl (C=O) groups excluding carboxylic acids is 1. The van der Waals surface area contributed by atoms with Gasteiger partial charge in [0.25, 0.3) is 0 Å². The van der Waals surface area contributed by atoms with Gasteiger partial charge >= 0.3 is 6.18 Å². The Hall–Kier alpha value is -1.36. The van der Waals surface area contributed by atoms with Crippen molar-refractivity contribution < 1.29 is 18.0 Å². The molecule has 1 atom stereocenters. The van der Waals surface area contributed by atoms with Gasteiger partial charge in [0.05, 0.1) is 5.56 Å². The van der Waals surface area contributed by atoms with E-state index < -0.39 is 11.7 Å². The lowest BCUT2D eigenvalue weighted by Crippen LogP contribution is -2.19. The zero-order valence-electron chi connectivity index (χ0n) is 9.76. The predicted molar refractivity (Wildman–Crippen MR) is 61.1 cm³/mol. The summed E-state index contributed by atoms with van der Waals surface area (Å²) in [4.78, 5) is 11.8. The molecule has 0 amide bonds. The Morgan fingerprint density at radius 1 is 1.28 bits per heavy atom. The zero-order valence-corrected chi connectivity index (χ0v) is 9.76. The normalized spacial score (nSPS) is 20.1. The van der Waals surface area contributed by atoms with Crippen LogP contribution in [0.25, 0.3) is 0 Å². The Morgan fingerprint density at radius 2 is 1.94 bits per heavy atom. The molecule has 2 nitrogen and oxygen atoms in total. The van der Waals surface area contributed by atoms with Crippen molar-refractivity contribution in [3.05, 3.63) is 35.4 Å². The van der Waals surface area contributed by atoms with E-state index in [2.05, 4.69) is 5.32 Å². The first kappa shape index (κ1) is 13.1. The second-order valence-corrected chi connectivity index (χ2v) is 4.53. The number of alkyl halides is 3. The van der Waals surface area contributed by atoms with E-state index in [4.69, 9.17) is 0 Å². The SMILES string of the molecule is O=C(Cc1ccc(C(F)(F)F)cc1)C1CCNC1. The van der Waals surface area contributed by atoms with E-state index in [1.165, 1.54) is 12.1 Å². The Kier molecular flexibility index (Phi) is 3.71. The van der Waals surface area contributed by atoms with Gasteiger partial charge in [-0.15, -0.1) is 0 Å². The van der Waals surface area contributed by atoms with Gasteiger partial charge < -0.3 is 5.32 Å². The molecular formula is C13H14F3NO. The number of benzene rings is 1. The highest BCUT2D eigenvalue weighted by molar-refractivity contribution is 5.83. The van der Waals surface area contributed by atoms with Crippen molar-refractivity contribution in [1.82, 2.24) is 5.32 Å². The average molecular weight is 257 g/mol. The molecule has 1 aliphatic heterocycles. The molecule has 1 fully saturated rings. The highest BCUT2D eigenvalue weighted by Crippen LogP contribution is 2.29. The van der Waals surface area contributed by atoms with Crippen LogP contribution in [0, 0.1) is 5.92 Å². The van der Waals surface area contributed by atoms with E-state index in [0.29, 0.717) is 12.1 Å². The van der Waals surface area contributed by atoms with E-state index in [9.17, 15) is 18.0 Å². The van der Waals surface area contributed by atoms with Crippen molar-refractivity contribution in [3.63, 3.8) is 0 Å². The van der Waals surface area contributed by atoms with Crippen LogP contribution in [0.5, 0.6) is 0 Å². The van der Waals surface area contributed by atoms with Gasteiger partial charge in [-0.2, -0.15) is 13.2 Å². The Labute approximate surface area is 103 Å². The van der Waals surface area contributed by atoms with Crippen LogP contribution in [-0.2, 0) is 17.4 Å². The van der Waals surface area contributed by atoms with Crippen molar-refractivity contribution in [3.8, 4) is 0 Å². The summed E-state index contributed by atoms with van der Waals surface area (Å²) in [5.41, 5.74) is -0.0406. The molecule has 1 aromatic rings. The minimum Gasteiger partial charge on any atom is -0.316 e. The topological polar surface area (TPSA) is 29.1 Å². The summed E-state index contributed by atoms with van der Waals surface area (Å²) in [6, 6.07) is 4.80. The zero-order chi connectivity index (χ0) is 13.2. The van der Waals surface area contributed by atoms with Gasteiger partial charge in [0.1, 0.15) is 5.78 Å². The number of nitrogens with one attached hydrogen (secondary N) is 1. The highest BCUT2D eigenvalue weighted by atomic mass is 19.4. The van der Waals surface area contributed by atoms with E-state index in [1.807, 2.05) is 0 Å². The molecule has 1 saturated heterocycles. The van der Waals surface area contributed by atoms with E-state index in [0.717, 1.165) is 25.1 Å². The summed E-state index contributed by atoms with van der Waals surface area (Å²) in [6.07, 6.45) is -3.29. The van der Waals surface area contributed by atoms with E-state index >= 15 is 0 Å². The summed E-state index contributed by atoms with van der Waals surface area (Å²) in [7, 11) is 0. The number of ketones is 1. The summed E-state index contributed by atoms with van der Waals surface area (Å²) >= 11 is 0. The van der Waals surface area contributed by atoms with Gasteiger partial charge in [-0.3, -0.25) is 4.79 Å². The first-order chi connectivity index (χ1) is 8.47. The van der Waals surface area contributed by atoms with Crippen LogP contribution in [0.4, 0.5) is 13.2 Å². The highest BCUT2D eigenvalue weighted by Gasteiger charge is 2.30. The molecule has 0 radical (unpaired) electrons. The lowest BCUT2D eigenvalue weighted by atomic mass is 9.97. The van der Waals surface area contributed by atoms with E-state index in [-0.39, 0.29) is 18.1 Å². The molecule has 98 valence electrons.